The van der Waals surface area contributed by atoms with E-state index >= 15 is 0 Å². The molecule has 0 unspecified atom stereocenters. The van der Waals surface area contributed by atoms with Gasteiger partial charge in [0.1, 0.15) is 11.7 Å². The van der Waals surface area contributed by atoms with Crippen molar-refractivity contribution in [1.29, 1.82) is 0 Å². The second kappa shape index (κ2) is 8.80. The molecule has 0 heterocycles. The van der Waals surface area contributed by atoms with E-state index in [2.05, 4.69) is 0 Å². The maximum atomic E-state index is 12.6. The molecule has 0 aliphatic heterocycles. The highest BCUT2D eigenvalue weighted by Crippen LogP contribution is 2.36. The van der Waals surface area contributed by atoms with Gasteiger partial charge in [-0.05, 0) is 19.4 Å². The van der Waals surface area contributed by atoms with Crippen LogP contribution in [0.3, 0.4) is 0 Å². The van der Waals surface area contributed by atoms with E-state index in [1.54, 1.807) is 13.0 Å². The molecule has 28 heavy (non-hydrogen) atoms. The summed E-state index contributed by atoms with van der Waals surface area (Å²) in [6.07, 6.45) is -0.871. The molecule has 0 aliphatic carbocycles. The minimum atomic E-state index is -0.964. The zero-order valence-corrected chi connectivity index (χ0v) is 15.4. The van der Waals surface area contributed by atoms with Gasteiger partial charge in [0.15, 0.2) is 11.5 Å². The first-order valence-corrected chi connectivity index (χ1v) is 8.23. The number of hydrogen-bond acceptors (Lipinski definition) is 8. The minimum absolute atomic E-state index is 0.108. The lowest BCUT2D eigenvalue weighted by atomic mass is 10.1. The Labute approximate surface area is 159 Å². The normalized spacial score (nSPS) is 11.4. The van der Waals surface area contributed by atoms with Crippen molar-refractivity contribution >= 4 is 17.3 Å². The molecular weight excluding hydrogens is 372 g/mol. The van der Waals surface area contributed by atoms with E-state index in [0.717, 1.165) is 6.07 Å². The van der Waals surface area contributed by atoms with Crippen molar-refractivity contribution in [1.82, 2.24) is 0 Å². The van der Waals surface area contributed by atoms with E-state index in [9.17, 15) is 25.0 Å². The molecule has 2 rings (SSSR count). The average Bonchev–Trinajstić information content (AvgIpc) is 2.67. The van der Waals surface area contributed by atoms with E-state index in [1.807, 2.05) is 0 Å². The summed E-state index contributed by atoms with van der Waals surface area (Å²) in [6.45, 7) is 3.48. The lowest BCUT2D eigenvalue weighted by molar-refractivity contribution is -0.385. The smallest absolute Gasteiger partial charge is 0.345 e. The number of nitro benzene ring substituents is 2. The minimum Gasteiger partial charge on any atom is -0.493 e. The van der Waals surface area contributed by atoms with Gasteiger partial charge < -0.3 is 14.2 Å². The number of hydrogen-bond donors (Lipinski definition) is 0. The molecule has 0 aliphatic rings. The first kappa shape index (κ1) is 20.6. The van der Waals surface area contributed by atoms with Crippen LogP contribution in [0.25, 0.3) is 0 Å². The van der Waals surface area contributed by atoms with Crippen LogP contribution in [0.15, 0.2) is 36.4 Å². The van der Waals surface area contributed by atoms with E-state index in [4.69, 9.17) is 14.2 Å². The zero-order valence-electron chi connectivity index (χ0n) is 15.4. The summed E-state index contributed by atoms with van der Waals surface area (Å²) < 4.78 is 15.7. The Morgan fingerprint density at radius 2 is 1.82 bits per heavy atom. The lowest BCUT2D eigenvalue weighted by Gasteiger charge is -2.15. The highest BCUT2D eigenvalue weighted by molar-refractivity contribution is 5.95. The predicted molar refractivity (Wildman–Crippen MR) is 97.7 cm³/mol. The Kier molecular flexibility index (Phi) is 6.48. The molecule has 0 aromatic heterocycles. The first-order valence-electron chi connectivity index (χ1n) is 8.23. The number of rotatable bonds is 8. The van der Waals surface area contributed by atoms with Crippen LogP contribution >= 0.6 is 0 Å². The van der Waals surface area contributed by atoms with Crippen LogP contribution in [-0.2, 0) is 4.74 Å². The van der Waals surface area contributed by atoms with Gasteiger partial charge in [0, 0.05) is 18.2 Å². The summed E-state index contributed by atoms with van der Waals surface area (Å²) in [5.41, 5.74) is -0.596. The second-order valence-corrected chi connectivity index (χ2v) is 5.61. The number of nitro groups is 2. The molecule has 0 saturated heterocycles. The maximum Gasteiger partial charge on any atom is 0.345 e. The first-order chi connectivity index (χ1) is 13.3. The van der Waals surface area contributed by atoms with Crippen molar-refractivity contribution < 1.29 is 28.9 Å². The van der Waals surface area contributed by atoms with Gasteiger partial charge >= 0.3 is 5.97 Å². The number of ether oxygens (including phenoxy) is 3. The van der Waals surface area contributed by atoms with Crippen molar-refractivity contribution in [2.45, 2.75) is 20.0 Å². The van der Waals surface area contributed by atoms with E-state index < -0.39 is 27.6 Å². The van der Waals surface area contributed by atoms with Crippen LogP contribution in [0.1, 0.15) is 35.9 Å². The molecule has 0 amide bonds. The molecule has 1 atom stereocenters. The Morgan fingerprint density at radius 3 is 2.39 bits per heavy atom. The van der Waals surface area contributed by atoms with Crippen molar-refractivity contribution in [3.8, 4) is 11.5 Å². The Balaban J connectivity index is 2.37. The molecule has 0 N–H and O–H groups in total. The van der Waals surface area contributed by atoms with Crippen LogP contribution in [-0.4, -0.2) is 29.5 Å². The number of non-ortho nitro benzene ring substituents is 1. The SMILES string of the molecule is CCOc1cc(C(=O)O[C@H](C)c2cccc([N+](=O)[O-])c2)c([N+](=O)[O-])cc1OC. The molecule has 10 nitrogen and oxygen atoms in total. The summed E-state index contributed by atoms with van der Waals surface area (Å²) in [5.74, 6) is -0.698. The monoisotopic (exact) mass is 390 g/mol. The highest BCUT2D eigenvalue weighted by Gasteiger charge is 2.27. The Hall–Kier alpha value is -3.69. The van der Waals surface area contributed by atoms with Gasteiger partial charge in [-0.15, -0.1) is 0 Å². The third-order valence-corrected chi connectivity index (χ3v) is 3.83. The van der Waals surface area contributed by atoms with Crippen molar-refractivity contribution in [2.24, 2.45) is 0 Å². The number of carbonyl (C=O) groups is 1. The summed E-state index contributed by atoms with van der Waals surface area (Å²) in [6, 6.07) is 7.86. The fourth-order valence-corrected chi connectivity index (χ4v) is 2.47. The highest BCUT2D eigenvalue weighted by atomic mass is 16.6. The molecule has 2 aromatic rings. The molecular formula is C18H18N2O8. The molecule has 0 spiro atoms. The number of esters is 1. The van der Waals surface area contributed by atoms with E-state index in [-0.39, 0.29) is 29.4 Å². The van der Waals surface area contributed by atoms with E-state index in [0.29, 0.717) is 5.56 Å². The average molecular weight is 390 g/mol. The fraction of sp³-hybridized carbons (Fsp3) is 0.278. The number of nitrogens with zero attached hydrogens (tertiary/aromatic N) is 2. The van der Waals surface area contributed by atoms with Crippen molar-refractivity contribution in [3.63, 3.8) is 0 Å². The quantitative estimate of drug-likeness (QED) is 0.377. The summed E-state index contributed by atoms with van der Waals surface area (Å²) in [4.78, 5) is 33.5. The van der Waals surface area contributed by atoms with Crippen LogP contribution in [0.5, 0.6) is 11.5 Å². The third kappa shape index (κ3) is 4.53. The van der Waals surface area contributed by atoms with Gasteiger partial charge in [-0.1, -0.05) is 12.1 Å². The maximum absolute atomic E-state index is 12.6. The summed E-state index contributed by atoms with van der Waals surface area (Å²) in [7, 11) is 1.32. The molecule has 0 saturated carbocycles. The third-order valence-electron chi connectivity index (χ3n) is 3.83. The standard InChI is InChI=1S/C18H18N2O8/c1-4-27-17-9-14(15(20(24)25)10-16(17)26-3)18(21)28-11(2)12-6-5-7-13(8-12)19(22)23/h5-11H,4H2,1-3H3/t11-/m1/s1. The van der Waals surface area contributed by atoms with Crippen molar-refractivity contribution in [3.05, 3.63) is 67.8 Å². The van der Waals surface area contributed by atoms with Crippen molar-refractivity contribution in [2.75, 3.05) is 13.7 Å². The van der Waals surface area contributed by atoms with Crippen LogP contribution in [0.2, 0.25) is 0 Å². The van der Waals surface area contributed by atoms with Gasteiger partial charge in [-0.3, -0.25) is 20.2 Å². The topological polar surface area (TPSA) is 131 Å². The van der Waals surface area contributed by atoms with Gasteiger partial charge in [0.05, 0.1) is 29.6 Å². The molecule has 10 heteroatoms. The van der Waals surface area contributed by atoms with Gasteiger partial charge in [0.25, 0.3) is 11.4 Å². The van der Waals surface area contributed by atoms with Gasteiger partial charge in [0.2, 0.25) is 0 Å². The Morgan fingerprint density at radius 1 is 1.11 bits per heavy atom. The number of carbonyl (C=O) groups excluding carboxylic acids is 1. The van der Waals surface area contributed by atoms with Crippen LogP contribution in [0, 0.1) is 20.2 Å². The van der Waals surface area contributed by atoms with Crippen LogP contribution < -0.4 is 9.47 Å². The molecule has 2 aromatic carbocycles. The summed E-state index contributed by atoms with van der Waals surface area (Å²) in [5, 5.41) is 22.3. The second-order valence-electron chi connectivity index (χ2n) is 5.61. The molecule has 0 bridgehead atoms. The fourth-order valence-electron chi connectivity index (χ4n) is 2.47. The number of benzene rings is 2. The molecule has 0 radical (unpaired) electrons. The lowest BCUT2D eigenvalue weighted by Crippen LogP contribution is -2.12. The van der Waals surface area contributed by atoms with Crippen LogP contribution in [0.4, 0.5) is 11.4 Å². The largest absolute Gasteiger partial charge is 0.493 e. The molecule has 148 valence electrons. The van der Waals surface area contributed by atoms with Gasteiger partial charge in [-0.25, -0.2) is 4.79 Å². The zero-order chi connectivity index (χ0) is 20.8. The molecule has 0 fully saturated rings. The van der Waals surface area contributed by atoms with E-state index in [1.165, 1.54) is 38.3 Å². The predicted octanol–water partition coefficient (Wildman–Crippen LogP) is 3.83. The Bertz CT molecular complexity index is 912. The summed E-state index contributed by atoms with van der Waals surface area (Å²) >= 11 is 0. The van der Waals surface area contributed by atoms with Gasteiger partial charge in [-0.2, -0.15) is 0 Å². The number of methoxy groups -OCH3 is 1.